The van der Waals surface area contributed by atoms with Crippen LogP contribution < -0.4 is 10.6 Å². The molecule has 0 fully saturated rings. The van der Waals surface area contributed by atoms with Crippen LogP contribution in [-0.2, 0) is 0 Å². The zero-order valence-electron chi connectivity index (χ0n) is 12.6. The molecule has 0 bridgehead atoms. The normalized spacial score (nSPS) is 12.3. The summed E-state index contributed by atoms with van der Waals surface area (Å²) in [6, 6.07) is 3.66. The predicted molar refractivity (Wildman–Crippen MR) is 79.7 cm³/mol. The molecule has 106 valence electrons. The summed E-state index contributed by atoms with van der Waals surface area (Å²) in [6.07, 6.45) is 1.07. The number of nitrogens with one attached hydrogen (secondary N) is 2. The van der Waals surface area contributed by atoms with E-state index in [1.54, 1.807) is 6.07 Å². The molecule has 4 heteroatoms. The van der Waals surface area contributed by atoms with Crippen LogP contribution in [0.2, 0.25) is 0 Å². The summed E-state index contributed by atoms with van der Waals surface area (Å²) >= 11 is 0. The van der Waals surface area contributed by atoms with Crippen LogP contribution in [0.25, 0.3) is 0 Å². The number of nitrogens with zero attached hydrogens (tertiary/aromatic N) is 1. The number of hydrogen-bond donors (Lipinski definition) is 2. The van der Waals surface area contributed by atoms with Gasteiger partial charge in [0.2, 0.25) is 0 Å². The van der Waals surface area contributed by atoms with E-state index in [0.29, 0.717) is 23.9 Å². The Hall–Kier alpha value is -1.58. The zero-order chi connectivity index (χ0) is 14.4. The van der Waals surface area contributed by atoms with Gasteiger partial charge in [-0.25, -0.2) is 4.98 Å². The molecule has 2 N–H and O–H groups in total. The van der Waals surface area contributed by atoms with Gasteiger partial charge in [0.25, 0.3) is 5.91 Å². The van der Waals surface area contributed by atoms with E-state index in [1.807, 2.05) is 13.1 Å². The van der Waals surface area contributed by atoms with E-state index in [0.717, 1.165) is 17.9 Å². The smallest absolute Gasteiger partial charge is 0.251 e. The molecular weight excluding hydrogens is 238 g/mol. The maximum Gasteiger partial charge on any atom is 0.251 e. The van der Waals surface area contributed by atoms with Gasteiger partial charge in [-0.05, 0) is 24.0 Å². The van der Waals surface area contributed by atoms with Gasteiger partial charge < -0.3 is 10.6 Å². The SMILES string of the molecule is CCC(C)CNC(=O)c1cc(NC)nc(C(C)C)c1. The van der Waals surface area contributed by atoms with Gasteiger partial charge in [0.1, 0.15) is 5.82 Å². The lowest BCUT2D eigenvalue weighted by Crippen LogP contribution is -2.28. The number of carbonyl (C=O) groups is 1. The van der Waals surface area contributed by atoms with E-state index in [4.69, 9.17) is 0 Å². The zero-order valence-corrected chi connectivity index (χ0v) is 12.6. The molecule has 0 saturated heterocycles. The maximum atomic E-state index is 12.1. The van der Waals surface area contributed by atoms with Crippen molar-refractivity contribution >= 4 is 11.7 Å². The van der Waals surface area contributed by atoms with Crippen molar-refractivity contribution < 1.29 is 4.79 Å². The second-order valence-corrected chi connectivity index (χ2v) is 5.29. The van der Waals surface area contributed by atoms with E-state index < -0.39 is 0 Å². The Morgan fingerprint density at radius 1 is 1.32 bits per heavy atom. The van der Waals surface area contributed by atoms with Crippen LogP contribution >= 0.6 is 0 Å². The molecule has 1 aromatic heterocycles. The van der Waals surface area contributed by atoms with Crippen LogP contribution in [0.4, 0.5) is 5.82 Å². The molecule has 0 aliphatic carbocycles. The fraction of sp³-hybridized carbons (Fsp3) is 0.600. The molecule has 19 heavy (non-hydrogen) atoms. The first kappa shape index (κ1) is 15.5. The minimum absolute atomic E-state index is 0.0268. The van der Waals surface area contributed by atoms with Crippen LogP contribution in [0, 0.1) is 5.92 Å². The minimum atomic E-state index is -0.0268. The summed E-state index contributed by atoms with van der Waals surface area (Å²) in [5.41, 5.74) is 1.60. The summed E-state index contributed by atoms with van der Waals surface area (Å²) in [5.74, 6) is 1.51. The lowest BCUT2D eigenvalue weighted by atomic mass is 10.1. The van der Waals surface area contributed by atoms with Crippen LogP contribution in [-0.4, -0.2) is 24.5 Å². The van der Waals surface area contributed by atoms with Crippen molar-refractivity contribution in [2.75, 3.05) is 18.9 Å². The van der Waals surface area contributed by atoms with E-state index in [2.05, 4.69) is 43.3 Å². The molecule has 4 nitrogen and oxygen atoms in total. The van der Waals surface area contributed by atoms with Crippen LogP contribution in [0.3, 0.4) is 0 Å². The van der Waals surface area contributed by atoms with Crippen LogP contribution in [0.5, 0.6) is 0 Å². The minimum Gasteiger partial charge on any atom is -0.373 e. The Morgan fingerprint density at radius 3 is 2.53 bits per heavy atom. The molecule has 1 amide bonds. The Bertz CT molecular complexity index is 429. The Kier molecular flexibility index (Phi) is 5.80. The topological polar surface area (TPSA) is 54.0 Å². The first-order valence-corrected chi connectivity index (χ1v) is 6.95. The number of amides is 1. The van der Waals surface area contributed by atoms with Crippen molar-refractivity contribution in [3.8, 4) is 0 Å². The quantitative estimate of drug-likeness (QED) is 0.829. The highest BCUT2D eigenvalue weighted by atomic mass is 16.1. The van der Waals surface area contributed by atoms with Gasteiger partial charge in [-0.3, -0.25) is 4.79 Å². The fourth-order valence-corrected chi connectivity index (χ4v) is 1.62. The second-order valence-electron chi connectivity index (χ2n) is 5.29. The molecule has 1 unspecified atom stereocenters. The van der Waals surface area contributed by atoms with E-state index >= 15 is 0 Å². The number of hydrogen-bond acceptors (Lipinski definition) is 3. The second kappa shape index (κ2) is 7.12. The lowest BCUT2D eigenvalue weighted by molar-refractivity contribution is 0.0947. The highest BCUT2D eigenvalue weighted by Gasteiger charge is 2.12. The standard InChI is InChI=1S/C15H25N3O/c1-6-11(4)9-17-15(19)12-7-13(10(2)3)18-14(8-12)16-5/h7-8,10-11H,6,9H2,1-5H3,(H,16,18)(H,17,19). The number of pyridine rings is 1. The monoisotopic (exact) mass is 263 g/mol. The first-order valence-electron chi connectivity index (χ1n) is 6.95. The molecule has 1 rings (SSSR count). The fourth-order valence-electron chi connectivity index (χ4n) is 1.62. The third-order valence-corrected chi connectivity index (χ3v) is 3.26. The van der Waals surface area contributed by atoms with Crippen molar-refractivity contribution in [1.82, 2.24) is 10.3 Å². The highest BCUT2D eigenvalue weighted by molar-refractivity contribution is 5.95. The van der Waals surface area contributed by atoms with Gasteiger partial charge in [-0.2, -0.15) is 0 Å². The number of rotatable bonds is 6. The summed E-state index contributed by atoms with van der Waals surface area (Å²) in [4.78, 5) is 16.6. The third-order valence-electron chi connectivity index (χ3n) is 3.26. The van der Waals surface area contributed by atoms with E-state index in [1.165, 1.54) is 0 Å². The molecule has 1 aromatic rings. The van der Waals surface area contributed by atoms with Crippen molar-refractivity contribution in [2.24, 2.45) is 5.92 Å². The van der Waals surface area contributed by atoms with Gasteiger partial charge in [0.15, 0.2) is 0 Å². The largest absolute Gasteiger partial charge is 0.373 e. The molecule has 0 aliphatic rings. The Morgan fingerprint density at radius 2 is 2.00 bits per heavy atom. The maximum absolute atomic E-state index is 12.1. The summed E-state index contributed by atoms with van der Waals surface area (Å²) in [7, 11) is 1.81. The van der Waals surface area contributed by atoms with Crippen molar-refractivity contribution in [2.45, 2.75) is 40.0 Å². The van der Waals surface area contributed by atoms with Crippen molar-refractivity contribution in [1.29, 1.82) is 0 Å². The first-order chi connectivity index (χ1) is 8.97. The number of aromatic nitrogens is 1. The average Bonchev–Trinajstić information content (AvgIpc) is 2.43. The van der Waals surface area contributed by atoms with Crippen LogP contribution in [0.1, 0.15) is 56.1 Å². The summed E-state index contributed by atoms with van der Waals surface area (Å²) in [5, 5.41) is 5.98. The Balaban J connectivity index is 2.86. The average molecular weight is 263 g/mol. The van der Waals surface area contributed by atoms with Gasteiger partial charge in [0, 0.05) is 24.8 Å². The van der Waals surface area contributed by atoms with Crippen molar-refractivity contribution in [3.63, 3.8) is 0 Å². The molecule has 0 spiro atoms. The van der Waals surface area contributed by atoms with Crippen LogP contribution in [0.15, 0.2) is 12.1 Å². The molecule has 0 aliphatic heterocycles. The molecular formula is C15H25N3O. The number of anilines is 1. The summed E-state index contributed by atoms with van der Waals surface area (Å²) < 4.78 is 0. The van der Waals surface area contributed by atoms with E-state index in [-0.39, 0.29) is 5.91 Å². The lowest BCUT2D eigenvalue weighted by Gasteiger charge is -2.13. The molecule has 0 radical (unpaired) electrons. The molecule has 1 heterocycles. The third kappa shape index (κ3) is 4.54. The van der Waals surface area contributed by atoms with Crippen molar-refractivity contribution in [3.05, 3.63) is 23.4 Å². The molecule has 1 atom stereocenters. The number of carbonyl (C=O) groups excluding carboxylic acids is 1. The van der Waals surface area contributed by atoms with Gasteiger partial charge in [0.05, 0.1) is 0 Å². The van der Waals surface area contributed by atoms with Gasteiger partial charge >= 0.3 is 0 Å². The summed E-state index contributed by atoms with van der Waals surface area (Å²) in [6.45, 7) is 9.11. The molecule has 0 saturated carbocycles. The Labute approximate surface area is 116 Å². The highest BCUT2D eigenvalue weighted by Crippen LogP contribution is 2.17. The van der Waals surface area contributed by atoms with Gasteiger partial charge in [-0.1, -0.05) is 34.1 Å². The van der Waals surface area contributed by atoms with E-state index in [9.17, 15) is 4.79 Å². The van der Waals surface area contributed by atoms with Gasteiger partial charge in [-0.15, -0.1) is 0 Å². The predicted octanol–water partition coefficient (Wildman–Crippen LogP) is 3.02. The molecule has 0 aromatic carbocycles.